The van der Waals surface area contributed by atoms with Gasteiger partial charge in [-0.2, -0.15) is 0 Å². The molecule has 0 saturated carbocycles. The Morgan fingerprint density at radius 2 is 1.90 bits per heavy atom. The van der Waals surface area contributed by atoms with E-state index in [0.29, 0.717) is 15.8 Å². The van der Waals surface area contributed by atoms with E-state index in [4.69, 9.17) is 5.14 Å². The zero-order chi connectivity index (χ0) is 22.1. The number of pyridine rings is 1. The average molecular weight is 471 g/mol. The van der Waals surface area contributed by atoms with Crippen LogP contribution in [0.5, 0.6) is 5.88 Å². The Kier molecular flexibility index (Phi) is 6.08. The van der Waals surface area contributed by atoms with Crippen LogP contribution in [-0.4, -0.2) is 56.4 Å². The van der Waals surface area contributed by atoms with Crippen molar-refractivity contribution in [3.63, 3.8) is 0 Å². The number of sulfone groups is 1. The van der Waals surface area contributed by atoms with Gasteiger partial charge in [0, 0.05) is 25.1 Å². The van der Waals surface area contributed by atoms with Crippen LogP contribution in [0.25, 0.3) is 21.3 Å². The van der Waals surface area contributed by atoms with Gasteiger partial charge in [-0.25, -0.2) is 31.9 Å². The normalized spacial score (nSPS) is 13.3. The van der Waals surface area contributed by atoms with Crippen LogP contribution in [0.1, 0.15) is 10.3 Å². The van der Waals surface area contributed by atoms with Crippen molar-refractivity contribution >= 4 is 47.3 Å². The second-order valence-corrected chi connectivity index (χ2v) is 11.4. The number of nitrogens with one attached hydrogen (secondary N) is 1. The number of rotatable bonds is 7. The van der Waals surface area contributed by atoms with Crippen molar-refractivity contribution in [2.75, 3.05) is 18.6 Å². The highest BCUT2D eigenvalue weighted by molar-refractivity contribution is 7.91. The smallest absolute Gasteiger partial charge is 0.245 e. The number of hydrogen-bond acceptors (Lipinski definition) is 9. The number of nitrogens with two attached hydrogens (primary N) is 1. The van der Waals surface area contributed by atoms with E-state index in [1.165, 1.54) is 12.3 Å². The van der Waals surface area contributed by atoms with Gasteiger partial charge < -0.3 is 10.4 Å². The third-order valence-corrected chi connectivity index (χ3v) is 7.36. The lowest BCUT2D eigenvalue weighted by Gasteiger charge is -2.12. The molecule has 0 aliphatic carbocycles. The maximum atomic E-state index is 12.5. The fraction of sp³-hybridized carbons (Fsp3) is 0.235. The largest absolute Gasteiger partial charge is 0.493 e. The SMILES string of the molecule is CS(=O)(=O)C(C(=O)NCCS(N)(=O)=O)c1nc2ccc(-c3ccnc(O)c3)cc2s1. The molecular weight excluding hydrogens is 452 g/mol. The first kappa shape index (κ1) is 22.1. The minimum Gasteiger partial charge on any atom is -0.493 e. The quantitative estimate of drug-likeness (QED) is 0.449. The molecule has 0 fully saturated rings. The molecule has 1 amide bonds. The third kappa shape index (κ3) is 5.30. The van der Waals surface area contributed by atoms with E-state index in [0.717, 1.165) is 23.2 Å². The van der Waals surface area contributed by atoms with E-state index >= 15 is 0 Å². The van der Waals surface area contributed by atoms with Gasteiger partial charge in [-0.3, -0.25) is 4.79 Å². The van der Waals surface area contributed by atoms with Gasteiger partial charge in [0.05, 0.1) is 16.0 Å². The van der Waals surface area contributed by atoms with Crippen LogP contribution < -0.4 is 10.5 Å². The first-order chi connectivity index (χ1) is 13.9. The van der Waals surface area contributed by atoms with Crippen LogP contribution in [0.2, 0.25) is 0 Å². The predicted molar refractivity (Wildman–Crippen MR) is 113 cm³/mol. The van der Waals surface area contributed by atoms with E-state index in [9.17, 15) is 26.7 Å². The minimum absolute atomic E-state index is 0.0651. The van der Waals surface area contributed by atoms with Crippen molar-refractivity contribution in [2.24, 2.45) is 5.14 Å². The number of fused-ring (bicyclic) bond motifs is 1. The van der Waals surface area contributed by atoms with Crippen LogP contribution >= 0.6 is 11.3 Å². The van der Waals surface area contributed by atoms with Gasteiger partial charge in [0.2, 0.25) is 21.8 Å². The Labute approximate surface area is 176 Å². The Morgan fingerprint density at radius 3 is 2.53 bits per heavy atom. The summed E-state index contributed by atoms with van der Waals surface area (Å²) in [7, 11) is -7.68. The molecule has 0 radical (unpaired) electrons. The first-order valence-electron chi connectivity index (χ1n) is 8.47. The van der Waals surface area contributed by atoms with Crippen molar-refractivity contribution in [2.45, 2.75) is 5.25 Å². The topological polar surface area (TPSA) is 169 Å². The van der Waals surface area contributed by atoms with Crippen LogP contribution in [0.3, 0.4) is 0 Å². The molecule has 0 bridgehead atoms. The molecule has 0 aliphatic heterocycles. The summed E-state index contributed by atoms with van der Waals surface area (Å²) < 4.78 is 47.2. The Bertz CT molecular complexity index is 1320. The lowest BCUT2D eigenvalue weighted by molar-refractivity contribution is -0.120. The number of benzene rings is 1. The van der Waals surface area contributed by atoms with Crippen molar-refractivity contribution in [3.8, 4) is 17.0 Å². The van der Waals surface area contributed by atoms with Crippen molar-refractivity contribution < 1.29 is 26.7 Å². The molecule has 4 N–H and O–H groups in total. The van der Waals surface area contributed by atoms with E-state index in [-0.39, 0.29) is 17.4 Å². The Morgan fingerprint density at radius 1 is 1.20 bits per heavy atom. The molecule has 1 aromatic carbocycles. The highest BCUT2D eigenvalue weighted by atomic mass is 32.2. The Hall–Kier alpha value is -2.61. The summed E-state index contributed by atoms with van der Waals surface area (Å²) in [6.07, 6.45) is 2.37. The van der Waals surface area contributed by atoms with E-state index in [1.807, 2.05) is 0 Å². The zero-order valence-corrected chi connectivity index (χ0v) is 18.1. The molecule has 0 spiro atoms. The van der Waals surface area contributed by atoms with Gasteiger partial charge in [-0.1, -0.05) is 6.07 Å². The number of primary sulfonamides is 1. The van der Waals surface area contributed by atoms with E-state index in [1.54, 1.807) is 24.3 Å². The number of amides is 1. The molecule has 1 unspecified atom stereocenters. The minimum atomic E-state index is -3.88. The molecule has 3 rings (SSSR count). The molecule has 1 atom stereocenters. The van der Waals surface area contributed by atoms with E-state index in [2.05, 4.69) is 15.3 Å². The van der Waals surface area contributed by atoms with Gasteiger partial charge in [0.25, 0.3) is 0 Å². The number of nitrogens with zero attached hydrogens (tertiary/aromatic N) is 2. The summed E-state index contributed by atoms with van der Waals surface area (Å²) >= 11 is 1.04. The first-order valence-corrected chi connectivity index (χ1v) is 13.0. The molecule has 13 heteroatoms. The zero-order valence-electron chi connectivity index (χ0n) is 15.6. The monoisotopic (exact) mass is 470 g/mol. The number of thiazole rings is 1. The summed E-state index contributed by atoms with van der Waals surface area (Å²) in [5, 5.41) is 15.2. The highest BCUT2D eigenvalue weighted by Gasteiger charge is 2.33. The van der Waals surface area contributed by atoms with Crippen molar-refractivity contribution in [3.05, 3.63) is 41.5 Å². The summed E-state index contributed by atoms with van der Waals surface area (Å²) in [6.45, 7) is -0.315. The summed E-state index contributed by atoms with van der Waals surface area (Å²) in [4.78, 5) is 20.5. The van der Waals surface area contributed by atoms with Gasteiger partial charge in [-0.05, 0) is 29.3 Å². The number of carbonyl (C=O) groups excluding carboxylic acids is 1. The van der Waals surface area contributed by atoms with Gasteiger partial charge >= 0.3 is 0 Å². The number of carbonyl (C=O) groups is 1. The molecule has 0 aliphatic rings. The van der Waals surface area contributed by atoms with Crippen molar-refractivity contribution in [1.29, 1.82) is 0 Å². The van der Waals surface area contributed by atoms with Gasteiger partial charge in [0.15, 0.2) is 15.1 Å². The summed E-state index contributed by atoms with van der Waals surface area (Å²) in [5.41, 5.74) is 1.96. The molecule has 0 saturated heterocycles. The molecule has 160 valence electrons. The van der Waals surface area contributed by atoms with Crippen LogP contribution in [0.4, 0.5) is 0 Å². The molecule has 3 aromatic rings. The van der Waals surface area contributed by atoms with Crippen LogP contribution in [0, 0.1) is 0 Å². The third-order valence-electron chi connectivity index (χ3n) is 4.06. The lowest BCUT2D eigenvalue weighted by Crippen LogP contribution is -2.37. The molecule has 2 aromatic heterocycles. The molecule has 30 heavy (non-hydrogen) atoms. The molecule has 2 heterocycles. The highest BCUT2D eigenvalue weighted by Crippen LogP contribution is 2.33. The van der Waals surface area contributed by atoms with Gasteiger partial charge in [-0.15, -0.1) is 11.3 Å². The van der Waals surface area contributed by atoms with Crippen LogP contribution in [0.15, 0.2) is 36.5 Å². The predicted octanol–water partition coefficient (Wildman–Crippen LogP) is 0.554. The standard InChI is InChI=1S/C17H18N4O6S3/c1-29(24,25)15(16(23)20-6-7-30(18,26)27)17-21-12-3-2-10(8-13(12)28-17)11-4-5-19-14(22)9-11/h2-5,8-9,15H,6-7H2,1H3,(H,19,22)(H,20,23)(H2,18,26,27). The van der Waals surface area contributed by atoms with Crippen molar-refractivity contribution in [1.82, 2.24) is 15.3 Å². The maximum absolute atomic E-state index is 12.5. The average Bonchev–Trinajstić information content (AvgIpc) is 3.01. The van der Waals surface area contributed by atoms with Gasteiger partial charge in [0.1, 0.15) is 5.01 Å². The molecule has 10 nitrogen and oxygen atoms in total. The number of aromatic hydroxyl groups is 1. The Balaban J connectivity index is 1.94. The van der Waals surface area contributed by atoms with Crippen LogP contribution in [-0.2, 0) is 24.7 Å². The maximum Gasteiger partial charge on any atom is 0.245 e. The summed E-state index contributed by atoms with van der Waals surface area (Å²) in [5.74, 6) is -1.53. The number of aromatic nitrogens is 2. The summed E-state index contributed by atoms with van der Waals surface area (Å²) in [6, 6.07) is 8.40. The molecular formula is C17H18N4O6S3. The second kappa shape index (κ2) is 8.26. The second-order valence-electron chi connectivity index (χ2n) is 6.50. The number of sulfonamides is 1. The number of hydrogen-bond donors (Lipinski definition) is 3. The lowest BCUT2D eigenvalue weighted by atomic mass is 10.1. The fourth-order valence-corrected chi connectivity index (χ4v) is 5.67. The fourth-order valence-electron chi connectivity index (χ4n) is 2.73. The van der Waals surface area contributed by atoms with E-state index < -0.39 is 36.8 Å².